The molecule has 0 radical (unpaired) electrons. The minimum Gasteiger partial charge on any atom is -0.325 e. The van der Waals surface area contributed by atoms with Gasteiger partial charge in [0.2, 0.25) is 17.7 Å². The summed E-state index contributed by atoms with van der Waals surface area (Å²) < 4.78 is 14.6. The first-order valence-corrected chi connectivity index (χ1v) is 13.6. The number of para-hydroxylation sites is 1. The Morgan fingerprint density at radius 1 is 0.868 bits per heavy atom. The summed E-state index contributed by atoms with van der Waals surface area (Å²) in [6.45, 7) is -0.279. The lowest BCUT2D eigenvalue weighted by Crippen LogP contribution is -2.33. The van der Waals surface area contributed by atoms with E-state index < -0.39 is 28.8 Å². The van der Waals surface area contributed by atoms with Gasteiger partial charge >= 0.3 is 4.87 Å². The molecule has 0 aliphatic carbocycles. The fourth-order valence-corrected chi connectivity index (χ4v) is 7.76. The van der Waals surface area contributed by atoms with Gasteiger partial charge in [-0.2, -0.15) is 0 Å². The van der Waals surface area contributed by atoms with E-state index in [2.05, 4.69) is 5.32 Å². The Kier molecular flexibility index (Phi) is 6.21. The van der Waals surface area contributed by atoms with Gasteiger partial charge in [0.1, 0.15) is 17.6 Å². The average molecular weight is 546 g/mol. The Labute approximate surface area is 224 Å². The van der Waals surface area contributed by atoms with Crippen molar-refractivity contribution >= 4 is 52.2 Å². The number of fused-ring (bicyclic) bond motifs is 2. The molecule has 3 amide bonds. The van der Waals surface area contributed by atoms with Crippen molar-refractivity contribution in [3.8, 4) is 0 Å². The number of imide groups is 1. The van der Waals surface area contributed by atoms with Crippen molar-refractivity contribution in [2.75, 3.05) is 10.2 Å². The van der Waals surface area contributed by atoms with Crippen LogP contribution in [-0.4, -0.2) is 27.5 Å². The average Bonchev–Trinajstić information content (AvgIpc) is 3.37. The van der Waals surface area contributed by atoms with Crippen LogP contribution in [-0.2, 0) is 20.9 Å². The number of carbonyl (C=O) groups is 3. The highest BCUT2D eigenvalue weighted by atomic mass is 32.2. The monoisotopic (exact) mass is 545 g/mol. The summed E-state index contributed by atoms with van der Waals surface area (Å²) in [5.74, 6) is -2.74. The summed E-state index contributed by atoms with van der Waals surface area (Å²) in [4.78, 5) is 54.9. The number of rotatable bonds is 5. The Balaban J connectivity index is 1.40. The van der Waals surface area contributed by atoms with Gasteiger partial charge in [-0.25, -0.2) is 9.29 Å². The molecule has 7 nitrogen and oxygen atoms in total. The second kappa shape index (κ2) is 9.70. The molecule has 3 aromatic carbocycles. The summed E-state index contributed by atoms with van der Waals surface area (Å²) in [5.41, 5.74) is 1.73. The van der Waals surface area contributed by atoms with Crippen LogP contribution < -0.4 is 15.1 Å². The summed E-state index contributed by atoms with van der Waals surface area (Å²) in [6, 6.07) is 23.5. The van der Waals surface area contributed by atoms with Crippen LogP contribution in [0.1, 0.15) is 16.4 Å². The third-order valence-electron chi connectivity index (χ3n) is 6.65. The van der Waals surface area contributed by atoms with Crippen molar-refractivity contribution in [1.82, 2.24) is 4.57 Å². The van der Waals surface area contributed by atoms with Gasteiger partial charge in [0.25, 0.3) is 0 Å². The van der Waals surface area contributed by atoms with E-state index in [4.69, 9.17) is 0 Å². The van der Waals surface area contributed by atoms with Crippen LogP contribution >= 0.6 is 23.1 Å². The number of halogens is 1. The van der Waals surface area contributed by atoms with E-state index in [9.17, 15) is 23.6 Å². The van der Waals surface area contributed by atoms with E-state index in [1.807, 2.05) is 36.4 Å². The number of aromatic nitrogens is 1. The van der Waals surface area contributed by atoms with Crippen molar-refractivity contribution in [2.45, 2.75) is 22.7 Å². The van der Waals surface area contributed by atoms with Crippen LogP contribution in [0.4, 0.5) is 15.8 Å². The number of anilines is 2. The number of benzene rings is 3. The lowest BCUT2D eigenvalue weighted by molar-refractivity contribution is -0.122. The number of nitrogens with zero attached hydrogens (tertiary/aromatic N) is 2. The highest BCUT2D eigenvalue weighted by Crippen LogP contribution is 2.53. The molecule has 2 aliphatic heterocycles. The van der Waals surface area contributed by atoms with Gasteiger partial charge in [-0.05, 0) is 42.0 Å². The lowest BCUT2D eigenvalue weighted by Gasteiger charge is -2.30. The third-order valence-corrected chi connectivity index (χ3v) is 9.26. The first kappa shape index (κ1) is 24.3. The maximum Gasteiger partial charge on any atom is 0.308 e. The zero-order valence-electron chi connectivity index (χ0n) is 19.7. The number of amides is 3. The maximum absolute atomic E-state index is 13.8. The molecule has 10 heteroatoms. The van der Waals surface area contributed by atoms with Crippen molar-refractivity contribution in [3.05, 3.63) is 111 Å². The predicted octanol–water partition coefficient (Wildman–Crippen LogP) is 4.48. The molecule has 0 bridgehead atoms. The summed E-state index contributed by atoms with van der Waals surface area (Å²) in [6.07, 6.45) is 0. The van der Waals surface area contributed by atoms with Gasteiger partial charge < -0.3 is 5.32 Å². The molecule has 3 atom stereocenters. The molecule has 1 aromatic heterocycles. The van der Waals surface area contributed by atoms with Crippen molar-refractivity contribution < 1.29 is 18.8 Å². The molecule has 0 spiro atoms. The van der Waals surface area contributed by atoms with Crippen LogP contribution in [0.25, 0.3) is 0 Å². The molecule has 1 N–H and O–H groups in total. The Hall–Kier alpha value is -4.02. The van der Waals surface area contributed by atoms with Gasteiger partial charge in [-0.3, -0.25) is 23.7 Å². The topological polar surface area (TPSA) is 88.5 Å². The zero-order chi connectivity index (χ0) is 26.4. The van der Waals surface area contributed by atoms with Crippen molar-refractivity contribution in [3.63, 3.8) is 0 Å². The lowest BCUT2D eigenvalue weighted by atomic mass is 9.83. The van der Waals surface area contributed by atoms with E-state index in [1.165, 1.54) is 45.5 Å². The quantitative estimate of drug-likeness (QED) is 0.374. The Morgan fingerprint density at radius 2 is 1.53 bits per heavy atom. The van der Waals surface area contributed by atoms with Crippen LogP contribution in [0.3, 0.4) is 0 Å². The summed E-state index contributed by atoms with van der Waals surface area (Å²) in [7, 11) is 0. The summed E-state index contributed by atoms with van der Waals surface area (Å²) >= 11 is 2.16. The molecule has 1 saturated heterocycles. The number of hydrogen-bond donors (Lipinski definition) is 1. The third kappa shape index (κ3) is 4.15. The first-order chi connectivity index (χ1) is 18.4. The molecule has 4 aromatic rings. The molecule has 38 heavy (non-hydrogen) atoms. The normalized spacial score (nSPS) is 20.2. The minimum atomic E-state index is -0.749. The van der Waals surface area contributed by atoms with Gasteiger partial charge in [-0.1, -0.05) is 71.6 Å². The number of hydrogen-bond acceptors (Lipinski definition) is 6. The fourth-order valence-electron chi connectivity index (χ4n) is 4.98. The molecule has 6 rings (SSSR count). The molecular formula is C28H20FN3O4S2. The highest BCUT2D eigenvalue weighted by Gasteiger charge is 2.56. The minimum absolute atomic E-state index is 0.279. The second-order valence-electron chi connectivity index (χ2n) is 8.98. The second-order valence-corrected chi connectivity index (χ2v) is 11.1. The molecule has 0 saturated carbocycles. The van der Waals surface area contributed by atoms with Gasteiger partial charge in [0.05, 0.1) is 16.6 Å². The number of thiazole rings is 1. The van der Waals surface area contributed by atoms with Gasteiger partial charge in [0, 0.05) is 16.5 Å². The van der Waals surface area contributed by atoms with E-state index in [-0.39, 0.29) is 23.2 Å². The van der Waals surface area contributed by atoms with E-state index in [0.717, 1.165) is 16.9 Å². The van der Waals surface area contributed by atoms with Gasteiger partial charge in [-0.15, -0.1) is 0 Å². The number of carbonyl (C=O) groups excluding carboxylic acids is 3. The predicted molar refractivity (Wildman–Crippen MR) is 144 cm³/mol. The number of nitrogens with one attached hydrogen (secondary N) is 1. The standard InChI is InChI=1S/C28H20FN3O4S2/c29-17-11-13-18(14-12-17)30-20(33)15-31-27-24(38-28(31)36)21(16-7-3-1-4-8-16)22-23(37-27)26(35)32(25(22)34)19-9-5-2-6-10-19/h1-14,21-23H,15H2,(H,30,33)/t21-,22-,23+/m0/s1. The van der Waals surface area contributed by atoms with Crippen LogP contribution in [0.15, 0.2) is 94.7 Å². The Bertz CT molecular complexity index is 1600. The van der Waals surface area contributed by atoms with Crippen molar-refractivity contribution in [1.29, 1.82) is 0 Å². The van der Waals surface area contributed by atoms with Crippen molar-refractivity contribution in [2.24, 2.45) is 5.92 Å². The largest absolute Gasteiger partial charge is 0.325 e. The molecule has 1 fully saturated rings. The van der Waals surface area contributed by atoms with E-state index in [0.29, 0.717) is 21.3 Å². The SMILES string of the molecule is O=C(Cn1c2c(sc1=O)[C@@H](c1ccccc1)[C@@H]1C(=O)N(c3ccccc3)C(=O)[C@@H]1S2)Nc1ccc(F)cc1. The van der Waals surface area contributed by atoms with E-state index in [1.54, 1.807) is 24.3 Å². The highest BCUT2D eigenvalue weighted by molar-refractivity contribution is 8.00. The molecular weight excluding hydrogens is 525 g/mol. The molecule has 3 heterocycles. The number of thioether (sulfide) groups is 1. The first-order valence-electron chi connectivity index (χ1n) is 11.9. The zero-order valence-corrected chi connectivity index (χ0v) is 21.4. The van der Waals surface area contributed by atoms with Crippen LogP contribution in [0.2, 0.25) is 0 Å². The molecule has 190 valence electrons. The Morgan fingerprint density at radius 3 is 2.21 bits per heavy atom. The fraction of sp³-hybridized carbons (Fsp3) is 0.143. The van der Waals surface area contributed by atoms with Crippen LogP contribution in [0, 0.1) is 11.7 Å². The molecule has 2 aliphatic rings. The summed E-state index contributed by atoms with van der Waals surface area (Å²) in [5, 5.41) is 2.44. The van der Waals surface area contributed by atoms with Crippen LogP contribution in [0.5, 0.6) is 0 Å². The van der Waals surface area contributed by atoms with E-state index >= 15 is 0 Å². The smallest absolute Gasteiger partial charge is 0.308 e. The van der Waals surface area contributed by atoms with Gasteiger partial charge in [0.15, 0.2) is 0 Å². The molecule has 0 unspecified atom stereocenters. The maximum atomic E-state index is 13.8.